The van der Waals surface area contributed by atoms with E-state index in [2.05, 4.69) is 34.5 Å². The Morgan fingerprint density at radius 2 is 1.96 bits per heavy atom. The Bertz CT molecular complexity index is 504. The van der Waals surface area contributed by atoms with E-state index in [0.717, 1.165) is 43.9 Å². The highest BCUT2D eigenvalue weighted by molar-refractivity contribution is 14.0. The van der Waals surface area contributed by atoms with Crippen molar-refractivity contribution < 1.29 is 14.2 Å². The van der Waals surface area contributed by atoms with E-state index in [0.29, 0.717) is 38.9 Å². The van der Waals surface area contributed by atoms with Crippen molar-refractivity contribution in [2.45, 2.75) is 39.7 Å². The smallest absolute Gasteiger partial charge is 0.218 e. The third-order valence-corrected chi connectivity index (χ3v) is 3.53. The normalized spacial score (nSPS) is 11.0. The predicted molar refractivity (Wildman–Crippen MR) is 120 cm³/mol. The molecule has 0 aromatic carbocycles. The van der Waals surface area contributed by atoms with Crippen LogP contribution in [0, 0.1) is 0 Å². The topological polar surface area (TPSA) is 77.0 Å². The predicted octanol–water partition coefficient (Wildman–Crippen LogP) is 2.99. The molecule has 8 heteroatoms. The Hall–Kier alpha value is -1.13. The van der Waals surface area contributed by atoms with Crippen molar-refractivity contribution >= 4 is 29.9 Å². The van der Waals surface area contributed by atoms with Crippen LogP contribution >= 0.6 is 24.0 Å². The van der Waals surface area contributed by atoms with E-state index in [1.165, 1.54) is 0 Å². The number of nitrogens with one attached hydrogen (secondary N) is 2. The van der Waals surface area contributed by atoms with Crippen LogP contribution in [0.4, 0.5) is 0 Å². The second-order valence-corrected chi connectivity index (χ2v) is 5.75. The van der Waals surface area contributed by atoms with Crippen LogP contribution in [-0.4, -0.2) is 57.6 Å². The van der Waals surface area contributed by atoms with Gasteiger partial charge in [0.2, 0.25) is 5.88 Å². The summed E-state index contributed by atoms with van der Waals surface area (Å²) < 4.78 is 16.2. The summed E-state index contributed by atoms with van der Waals surface area (Å²) >= 11 is 0. The van der Waals surface area contributed by atoms with Gasteiger partial charge in [0.05, 0.1) is 26.4 Å². The van der Waals surface area contributed by atoms with Gasteiger partial charge in [-0.2, -0.15) is 0 Å². The van der Waals surface area contributed by atoms with Gasteiger partial charge in [0.25, 0.3) is 0 Å². The lowest BCUT2D eigenvalue weighted by Gasteiger charge is -2.12. The summed E-state index contributed by atoms with van der Waals surface area (Å²) in [5.74, 6) is 1.46. The van der Waals surface area contributed by atoms with Crippen LogP contribution in [0.5, 0.6) is 5.88 Å². The highest BCUT2D eigenvalue weighted by Crippen LogP contribution is 2.15. The average Bonchev–Trinajstić information content (AvgIpc) is 2.66. The van der Waals surface area contributed by atoms with Gasteiger partial charge in [-0.3, -0.25) is 0 Å². The number of halogens is 1. The van der Waals surface area contributed by atoms with Crippen LogP contribution in [0.15, 0.2) is 23.3 Å². The molecule has 0 saturated heterocycles. The number of aromatic nitrogens is 1. The molecule has 0 aliphatic carbocycles. The quantitative estimate of drug-likeness (QED) is 0.179. The summed E-state index contributed by atoms with van der Waals surface area (Å²) in [7, 11) is 1.67. The van der Waals surface area contributed by atoms with Crippen LogP contribution in [0.2, 0.25) is 0 Å². The molecule has 1 aromatic heterocycles. The number of hydrogen-bond donors (Lipinski definition) is 2. The third-order valence-electron chi connectivity index (χ3n) is 3.53. The van der Waals surface area contributed by atoms with Gasteiger partial charge < -0.3 is 24.8 Å². The van der Waals surface area contributed by atoms with Crippen LogP contribution < -0.4 is 15.4 Å². The third kappa shape index (κ3) is 12.8. The highest BCUT2D eigenvalue weighted by atomic mass is 127. The maximum absolute atomic E-state index is 5.77. The van der Waals surface area contributed by atoms with Crippen molar-refractivity contribution in [1.82, 2.24) is 15.6 Å². The van der Waals surface area contributed by atoms with Gasteiger partial charge in [0.1, 0.15) is 0 Å². The Balaban J connectivity index is 0.00000676. The lowest BCUT2D eigenvalue weighted by atomic mass is 10.2. The molecule has 0 aliphatic heterocycles. The van der Waals surface area contributed by atoms with E-state index in [-0.39, 0.29) is 24.0 Å². The van der Waals surface area contributed by atoms with E-state index in [1.807, 2.05) is 12.1 Å². The summed E-state index contributed by atoms with van der Waals surface area (Å²) in [5.41, 5.74) is 0.990. The summed E-state index contributed by atoms with van der Waals surface area (Å²) in [5, 5.41) is 6.57. The van der Waals surface area contributed by atoms with Gasteiger partial charge in [-0.15, -0.1) is 24.0 Å². The largest absolute Gasteiger partial charge is 0.477 e. The number of ether oxygens (including phenoxy) is 3. The molecule has 156 valence electrons. The monoisotopic (exact) mass is 494 g/mol. The molecule has 0 radical (unpaired) electrons. The van der Waals surface area contributed by atoms with Crippen molar-refractivity contribution in [2.24, 2.45) is 4.99 Å². The van der Waals surface area contributed by atoms with Gasteiger partial charge in [-0.25, -0.2) is 9.98 Å². The molecule has 0 fully saturated rings. The summed E-state index contributed by atoms with van der Waals surface area (Å²) in [6, 6.07) is 3.92. The van der Waals surface area contributed by atoms with Gasteiger partial charge >= 0.3 is 0 Å². The minimum Gasteiger partial charge on any atom is -0.477 e. The summed E-state index contributed by atoms with van der Waals surface area (Å²) in [6.07, 6.45) is 4.79. The van der Waals surface area contributed by atoms with E-state index < -0.39 is 0 Å². The minimum atomic E-state index is 0. The molecular weight excluding hydrogens is 459 g/mol. The first-order chi connectivity index (χ1) is 12.8. The zero-order valence-corrected chi connectivity index (χ0v) is 19.2. The van der Waals surface area contributed by atoms with Crippen LogP contribution in [0.25, 0.3) is 0 Å². The van der Waals surface area contributed by atoms with Gasteiger partial charge in [0, 0.05) is 38.6 Å². The highest BCUT2D eigenvalue weighted by Gasteiger charge is 2.05. The maximum Gasteiger partial charge on any atom is 0.218 e. The Labute approximate surface area is 180 Å². The van der Waals surface area contributed by atoms with Crippen molar-refractivity contribution in [2.75, 3.05) is 46.6 Å². The van der Waals surface area contributed by atoms with Crippen LogP contribution in [0.3, 0.4) is 0 Å². The Kier molecular flexibility index (Phi) is 17.5. The molecule has 0 saturated carbocycles. The molecule has 0 amide bonds. The zero-order valence-electron chi connectivity index (χ0n) is 16.8. The average molecular weight is 494 g/mol. The molecule has 1 aromatic rings. The lowest BCUT2D eigenvalue weighted by molar-refractivity contribution is 0.0698. The Morgan fingerprint density at radius 3 is 2.70 bits per heavy atom. The molecule has 1 rings (SSSR count). The van der Waals surface area contributed by atoms with Crippen LogP contribution in [0.1, 0.15) is 38.7 Å². The molecule has 1 heterocycles. The van der Waals surface area contributed by atoms with E-state index in [9.17, 15) is 0 Å². The number of nitrogens with zero attached hydrogens (tertiary/aromatic N) is 2. The van der Waals surface area contributed by atoms with Gasteiger partial charge in [-0.05, 0) is 25.8 Å². The molecule has 0 spiro atoms. The van der Waals surface area contributed by atoms with Crippen molar-refractivity contribution in [3.63, 3.8) is 0 Å². The minimum absolute atomic E-state index is 0. The number of rotatable bonds is 14. The maximum atomic E-state index is 5.77. The molecule has 7 nitrogen and oxygen atoms in total. The summed E-state index contributed by atoms with van der Waals surface area (Å²) in [6.45, 7) is 8.97. The summed E-state index contributed by atoms with van der Waals surface area (Å²) in [4.78, 5) is 8.96. The fourth-order valence-corrected chi connectivity index (χ4v) is 2.12. The zero-order chi connectivity index (χ0) is 18.9. The number of pyridine rings is 1. The first-order valence-electron chi connectivity index (χ1n) is 9.47. The Morgan fingerprint density at radius 1 is 1.11 bits per heavy atom. The molecule has 2 N–H and O–H groups in total. The molecule has 27 heavy (non-hydrogen) atoms. The number of methoxy groups -OCH3 is 1. The first kappa shape index (κ1) is 25.9. The first-order valence-corrected chi connectivity index (χ1v) is 9.47. The van der Waals surface area contributed by atoms with Crippen molar-refractivity contribution in [3.8, 4) is 5.88 Å². The molecule has 0 atom stereocenters. The molecule has 0 aliphatic rings. The molecular formula is C19H35IN4O3. The van der Waals surface area contributed by atoms with Crippen molar-refractivity contribution in [3.05, 3.63) is 23.9 Å². The number of aliphatic imine (C=N–C) groups is 1. The molecule has 0 unspecified atom stereocenters. The standard InChI is InChI=1S/C19H34N4O3.HI/c1-4-6-13-26-18-17(9-7-10-21-18)16-23-19(20-5-2)22-11-8-12-25-15-14-24-3;/h7,9-10H,4-6,8,11-16H2,1-3H3,(H2,20,22,23);1H. The van der Waals surface area contributed by atoms with E-state index >= 15 is 0 Å². The van der Waals surface area contributed by atoms with Gasteiger partial charge in [-0.1, -0.05) is 19.4 Å². The lowest BCUT2D eigenvalue weighted by Crippen LogP contribution is -2.38. The van der Waals surface area contributed by atoms with Crippen molar-refractivity contribution in [1.29, 1.82) is 0 Å². The SMILES string of the molecule is CCCCOc1ncccc1CN=C(NCC)NCCCOCCOC.I. The second kappa shape index (κ2) is 18.2. The van der Waals surface area contributed by atoms with E-state index in [1.54, 1.807) is 13.3 Å². The van der Waals surface area contributed by atoms with Gasteiger partial charge in [0.15, 0.2) is 5.96 Å². The fourth-order valence-electron chi connectivity index (χ4n) is 2.12. The second-order valence-electron chi connectivity index (χ2n) is 5.75. The number of unbranched alkanes of at least 4 members (excludes halogenated alkanes) is 1. The number of guanidine groups is 1. The number of hydrogen-bond acceptors (Lipinski definition) is 5. The molecule has 0 bridgehead atoms. The van der Waals surface area contributed by atoms with Crippen LogP contribution in [-0.2, 0) is 16.0 Å². The van der Waals surface area contributed by atoms with E-state index in [4.69, 9.17) is 14.2 Å². The fraction of sp³-hybridized carbons (Fsp3) is 0.684.